The maximum atomic E-state index is 12.7. The van der Waals surface area contributed by atoms with Gasteiger partial charge in [0.2, 0.25) is 0 Å². The van der Waals surface area contributed by atoms with E-state index in [4.69, 9.17) is 4.74 Å². The average molecular weight is 400 g/mol. The first kappa shape index (κ1) is 20.9. The van der Waals surface area contributed by atoms with Crippen LogP contribution in [0.5, 0.6) is 0 Å². The van der Waals surface area contributed by atoms with Crippen molar-refractivity contribution < 1.29 is 19.2 Å². The number of hydrogen-bond acceptors (Lipinski definition) is 4. The van der Waals surface area contributed by atoms with Gasteiger partial charge < -0.3 is 24.8 Å². The molecule has 1 aromatic carbocycles. The van der Waals surface area contributed by atoms with Gasteiger partial charge in [-0.05, 0) is 57.5 Å². The number of likely N-dealkylation sites (N-methyl/N-ethyl adjacent to an activating group) is 1. The standard InChI is InChI=1S/C22H30N4O3/c1-5-25-11-13-26(14-12-25)18-9-7-17(8-10-18)24-21(27)20-15(3)19(16(4)23-20)22(28)29-6-2/h7-10,23H,5-6,11-14H2,1-4H3,(H,24,27)/p+1. The van der Waals surface area contributed by atoms with Crippen LogP contribution in [-0.2, 0) is 4.74 Å². The number of anilines is 2. The minimum absolute atomic E-state index is 0.269. The van der Waals surface area contributed by atoms with E-state index in [1.54, 1.807) is 25.7 Å². The summed E-state index contributed by atoms with van der Waals surface area (Å²) in [4.78, 5) is 31.9. The Labute approximate surface area is 172 Å². The predicted molar refractivity (Wildman–Crippen MR) is 114 cm³/mol. The van der Waals surface area contributed by atoms with Crippen LogP contribution >= 0.6 is 0 Å². The number of aryl methyl sites for hydroxylation is 1. The fourth-order valence-corrected chi connectivity index (χ4v) is 3.87. The molecule has 3 rings (SSSR count). The summed E-state index contributed by atoms with van der Waals surface area (Å²) in [7, 11) is 0. The second kappa shape index (κ2) is 9.13. The van der Waals surface area contributed by atoms with Crippen LogP contribution in [0.1, 0.15) is 46.0 Å². The van der Waals surface area contributed by atoms with E-state index in [2.05, 4.69) is 22.1 Å². The van der Waals surface area contributed by atoms with E-state index < -0.39 is 5.97 Å². The third kappa shape index (κ3) is 4.62. The van der Waals surface area contributed by atoms with E-state index in [1.807, 2.05) is 24.3 Å². The highest BCUT2D eigenvalue weighted by molar-refractivity contribution is 6.06. The van der Waals surface area contributed by atoms with Crippen molar-refractivity contribution in [3.63, 3.8) is 0 Å². The van der Waals surface area contributed by atoms with Crippen molar-refractivity contribution in [3.8, 4) is 0 Å². The van der Waals surface area contributed by atoms with Crippen molar-refractivity contribution in [2.24, 2.45) is 0 Å². The minimum atomic E-state index is -0.410. The van der Waals surface area contributed by atoms with Crippen LogP contribution in [0.25, 0.3) is 0 Å². The van der Waals surface area contributed by atoms with Gasteiger partial charge in [-0.3, -0.25) is 4.79 Å². The summed E-state index contributed by atoms with van der Waals surface area (Å²) in [5.74, 6) is -0.679. The van der Waals surface area contributed by atoms with E-state index >= 15 is 0 Å². The van der Waals surface area contributed by atoms with Crippen LogP contribution < -0.4 is 15.1 Å². The van der Waals surface area contributed by atoms with Gasteiger partial charge in [-0.15, -0.1) is 0 Å². The van der Waals surface area contributed by atoms with E-state index in [0.29, 0.717) is 29.1 Å². The lowest BCUT2D eigenvalue weighted by molar-refractivity contribution is -0.898. The van der Waals surface area contributed by atoms with E-state index in [-0.39, 0.29) is 5.91 Å². The van der Waals surface area contributed by atoms with Crippen LogP contribution in [-0.4, -0.2) is 56.2 Å². The molecule has 156 valence electrons. The molecule has 1 fully saturated rings. The minimum Gasteiger partial charge on any atom is -0.462 e. The molecular formula is C22H31N4O3+. The van der Waals surface area contributed by atoms with Crippen LogP contribution in [0.2, 0.25) is 0 Å². The van der Waals surface area contributed by atoms with E-state index in [1.165, 1.54) is 12.2 Å². The van der Waals surface area contributed by atoms with Crippen LogP contribution in [0.3, 0.4) is 0 Å². The van der Waals surface area contributed by atoms with Crippen molar-refractivity contribution in [2.75, 3.05) is 49.5 Å². The molecule has 0 aliphatic carbocycles. The third-order valence-electron chi connectivity index (χ3n) is 5.60. The molecule has 0 spiro atoms. The predicted octanol–water partition coefficient (Wildman–Crippen LogP) is 1.79. The molecule has 2 heterocycles. The number of esters is 1. The molecule has 1 saturated heterocycles. The monoisotopic (exact) mass is 399 g/mol. The Balaban J connectivity index is 1.67. The molecule has 2 aromatic rings. The first-order valence-corrected chi connectivity index (χ1v) is 10.3. The topological polar surface area (TPSA) is 78.9 Å². The molecule has 1 amide bonds. The Bertz CT molecular complexity index is 865. The maximum Gasteiger partial charge on any atom is 0.340 e. The van der Waals surface area contributed by atoms with Crippen LogP contribution in [0, 0.1) is 13.8 Å². The van der Waals surface area contributed by atoms with Gasteiger partial charge in [-0.2, -0.15) is 0 Å². The Morgan fingerprint density at radius 3 is 2.38 bits per heavy atom. The summed E-state index contributed by atoms with van der Waals surface area (Å²) in [5.41, 5.74) is 3.95. The number of amides is 1. The van der Waals surface area contributed by atoms with Crippen LogP contribution in [0.4, 0.5) is 11.4 Å². The molecule has 1 aliphatic rings. The number of aromatic amines is 1. The highest BCUT2D eigenvalue weighted by atomic mass is 16.5. The molecule has 7 nitrogen and oxygen atoms in total. The molecule has 0 unspecified atom stereocenters. The zero-order valence-corrected chi connectivity index (χ0v) is 17.7. The summed E-state index contributed by atoms with van der Waals surface area (Å²) in [5, 5.41) is 2.91. The highest BCUT2D eigenvalue weighted by Crippen LogP contribution is 2.22. The van der Waals surface area contributed by atoms with Gasteiger partial charge in [0.05, 0.1) is 44.9 Å². The van der Waals surface area contributed by atoms with Gasteiger partial charge >= 0.3 is 5.97 Å². The maximum absolute atomic E-state index is 12.7. The Hall–Kier alpha value is -2.80. The quantitative estimate of drug-likeness (QED) is 0.647. The number of carbonyl (C=O) groups excluding carboxylic acids is 2. The number of H-pyrrole nitrogens is 1. The highest BCUT2D eigenvalue weighted by Gasteiger charge is 2.23. The molecule has 1 aromatic heterocycles. The molecule has 7 heteroatoms. The van der Waals surface area contributed by atoms with Crippen molar-refractivity contribution in [2.45, 2.75) is 27.7 Å². The van der Waals surface area contributed by atoms with Crippen LogP contribution in [0.15, 0.2) is 24.3 Å². The molecule has 0 bridgehead atoms. The van der Waals surface area contributed by atoms with Crippen molar-refractivity contribution >= 4 is 23.3 Å². The summed E-state index contributed by atoms with van der Waals surface area (Å²) < 4.78 is 5.09. The number of benzene rings is 1. The largest absolute Gasteiger partial charge is 0.462 e. The summed E-state index contributed by atoms with van der Waals surface area (Å²) in [6, 6.07) is 7.93. The zero-order chi connectivity index (χ0) is 21.0. The number of rotatable bonds is 6. The fraction of sp³-hybridized carbons (Fsp3) is 0.455. The lowest BCUT2D eigenvalue weighted by Gasteiger charge is -2.33. The zero-order valence-electron chi connectivity index (χ0n) is 17.7. The molecule has 29 heavy (non-hydrogen) atoms. The van der Waals surface area contributed by atoms with Crippen molar-refractivity contribution in [1.82, 2.24) is 4.98 Å². The van der Waals surface area contributed by atoms with Gasteiger partial charge in [0, 0.05) is 17.1 Å². The lowest BCUT2D eigenvalue weighted by Crippen LogP contribution is -3.14. The van der Waals surface area contributed by atoms with Gasteiger partial charge in [-0.1, -0.05) is 0 Å². The van der Waals surface area contributed by atoms with Crippen molar-refractivity contribution in [1.29, 1.82) is 0 Å². The summed E-state index contributed by atoms with van der Waals surface area (Å²) in [6.07, 6.45) is 0. The summed E-state index contributed by atoms with van der Waals surface area (Å²) in [6.45, 7) is 13.4. The van der Waals surface area contributed by atoms with E-state index in [0.717, 1.165) is 31.9 Å². The molecular weight excluding hydrogens is 368 g/mol. The molecule has 0 atom stereocenters. The Kier molecular flexibility index (Phi) is 6.59. The second-order valence-corrected chi connectivity index (χ2v) is 7.44. The van der Waals surface area contributed by atoms with Gasteiger partial charge in [0.25, 0.3) is 5.91 Å². The third-order valence-corrected chi connectivity index (χ3v) is 5.60. The second-order valence-electron chi connectivity index (χ2n) is 7.44. The van der Waals surface area contributed by atoms with E-state index in [9.17, 15) is 9.59 Å². The van der Waals surface area contributed by atoms with Gasteiger partial charge in [0.1, 0.15) is 5.69 Å². The average Bonchev–Trinajstić information content (AvgIpc) is 3.03. The number of ether oxygens (including phenoxy) is 1. The molecule has 0 saturated carbocycles. The number of nitrogens with zero attached hydrogens (tertiary/aromatic N) is 1. The number of aromatic nitrogens is 1. The Morgan fingerprint density at radius 2 is 1.79 bits per heavy atom. The Morgan fingerprint density at radius 1 is 1.14 bits per heavy atom. The molecule has 3 N–H and O–H groups in total. The lowest BCUT2D eigenvalue weighted by atomic mass is 10.1. The smallest absolute Gasteiger partial charge is 0.340 e. The SMILES string of the molecule is CCOC(=O)c1c(C)[nH]c(C(=O)Nc2ccc(N3CC[NH+](CC)CC3)cc2)c1C. The van der Waals surface area contributed by atoms with Gasteiger partial charge in [-0.25, -0.2) is 4.79 Å². The van der Waals surface area contributed by atoms with Crippen molar-refractivity contribution in [3.05, 3.63) is 46.8 Å². The molecule has 0 radical (unpaired) electrons. The van der Waals surface area contributed by atoms with Gasteiger partial charge in [0.15, 0.2) is 0 Å². The fourth-order valence-electron chi connectivity index (χ4n) is 3.87. The summed E-state index contributed by atoms with van der Waals surface area (Å²) >= 11 is 0. The number of quaternary nitrogens is 1. The first-order valence-electron chi connectivity index (χ1n) is 10.3. The number of nitrogens with one attached hydrogen (secondary N) is 3. The number of carbonyl (C=O) groups is 2. The number of piperazine rings is 1. The first-order chi connectivity index (χ1) is 13.9. The number of hydrogen-bond donors (Lipinski definition) is 3. The normalized spacial score (nSPS) is 14.7. The molecule has 1 aliphatic heterocycles.